The van der Waals surface area contributed by atoms with Crippen LogP contribution in [0.1, 0.15) is 40.2 Å². The van der Waals surface area contributed by atoms with Crippen LogP contribution >= 0.6 is 0 Å². The SMILES string of the molecule is NC(=O)c1cc(NCCC2CCc3ccccc32)ccc1F. The van der Waals surface area contributed by atoms with Crippen molar-refractivity contribution < 1.29 is 9.18 Å². The molecular formula is C18H19FN2O. The minimum absolute atomic E-state index is 0.0730. The zero-order valence-electron chi connectivity index (χ0n) is 12.3. The van der Waals surface area contributed by atoms with E-state index in [4.69, 9.17) is 5.73 Å². The lowest BCUT2D eigenvalue weighted by molar-refractivity contribution is 0.0996. The van der Waals surface area contributed by atoms with Crippen LogP contribution in [0.25, 0.3) is 0 Å². The molecule has 0 saturated carbocycles. The first-order valence-electron chi connectivity index (χ1n) is 7.56. The molecule has 0 fully saturated rings. The highest BCUT2D eigenvalue weighted by Crippen LogP contribution is 2.35. The van der Waals surface area contributed by atoms with Crippen molar-refractivity contribution in [2.24, 2.45) is 5.73 Å². The maximum atomic E-state index is 13.4. The molecule has 0 heterocycles. The first-order chi connectivity index (χ1) is 10.6. The standard InChI is InChI=1S/C18H19FN2O/c19-17-8-7-14(11-16(17)18(20)22)21-10-9-13-6-5-12-3-1-2-4-15(12)13/h1-4,7-8,11,13,21H,5-6,9-10H2,(H2,20,22). The highest BCUT2D eigenvalue weighted by Gasteiger charge is 2.21. The van der Waals surface area contributed by atoms with Crippen molar-refractivity contribution in [3.05, 3.63) is 65.0 Å². The minimum Gasteiger partial charge on any atom is -0.385 e. The van der Waals surface area contributed by atoms with E-state index in [2.05, 4.69) is 29.6 Å². The van der Waals surface area contributed by atoms with E-state index in [0.29, 0.717) is 5.92 Å². The summed E-state index contributed by atoms with van der Waals surface area (Å²) in [6.07, 6.45) is 3.33. The summed E-state index contributed by atoms with van der Waals surface area (Å²) in [6.45, 7) is 0.781. The third-order valence-electron chi connectivity index (χ3n) is 4.31. The number of hydrogen-bond acceptors (Lipinski definition) is 2. The Morgan fingerprint density at radius 2 is 2.09 bits per heavy atom. The molecule has 2 aromatic carbocycles. The Morgan fingerprint density at radius 1 is 1.27 bits per heavy atom. The van der Waals surface area contributed by atoms with Crippen LogP contribution in [0.4, 0.5) is 10.1 Å². The van der Waals surface area contributed by atoms with Gasteiger partial charge in [-0.1, -0.05) is 24.3 Å². The summed E-state index contributed by atoms with van der Waals surface area (Å²) in [7, 11) is 0. The highest BCUT2D eigenvalue weighted by molar-refractivity contribution is 5.94. The van der Waals surface area contributed by atoms with Gasteiger partial charge in [-0.05, 0) is 54.5 Å². The molecule has 0 radical (unpaired) electrons. The fourth-order valence-electron chi connectivity index (χ4n) is 3.16. The van der Waals surface area contributed by atoms with Gasteiger partial charge < -0.3 is 11.1 Å². The largest absolute Gasteiger partial charge is 0.385 e. The predicted molar refractivity (Wildman–Crippen MR) is 85.5 cm³/mol. The van der Waals surface area contributed by atoms with Crippen LogP contribution in [0.15, 0.2) is 42.5 Å². The summed E-state index contributed by atoms with van der Waals surface area (Å²) >= 11 is 0. The number of carbonyl (C=O) groups excluding carboxylic acids is 1. The van der Waals surface area contributed by atoms with E-state index < -0.39 is 11.7 Å². The molecule has 3 rings (SSSR count). The number of halogens is 1. The maximum Gasteiger partial charge on any atom is 0.251 e. The molecule has 114 valence electrons. The van der Waals surface area contributed by atoms with Crippen molar-refractivity contribution in [2.45, 2.75) is 25.2 Å². The van der Waals surface area contributed by atoms with Crippen LogP contribution in [-0.4, -0.2) is 12.5 Å². The Labute approximate surface area is 129 Å². The van der Waals surface area contributed by atoms with E-state index in [1.807, 2.05) is 0 Å². The summed E-state index contributed by atoms with van der Waals surface area (Å²) in [5, 5.41) is 3.25. The molecule has 0 bridgehead atoms. The van der Waals surface area contributed by atoms with Gasteiger partial charge in [-0.15, -0.1) is 0 Å². The molecule has 22 heavy (non-hydrogen) atoms. The van der Waals surface area contributed by atoms with Crippen LogP contribution in [0.3, 0.4) is 0 Å². The zero-order chi connectivity index (χ0) is 15.5. The zero-order valence-corrected chi connectivity index (χ0v) is 12.3. The van der Waals surface area contributed by atoms with Gasteiger partial charge in [-0.3, -0.25) is 4.79 Å². The summed E-state index contributed by atoms with van der Waals surface area (Å²) in [5.41, 5.74) is 8.70. The van der Waals surface area contributed by atoms with Gasteiger partial charge in [0.1, 0.15) is 5.82 Å². The van der Waals surface area contributed by atoms with Crippen LogP contribution in [-0.2, 0) is 6.42 Å². The van der Waals surface area contributed by atoms with Crippen molar-refractivity contribution in [1.82, 2.24) is 0 Å². The number of benzene rings is 2. The van der Waals surface area contributed by atoms with Gasteiger partial charge in [-0.2, -0.15) is 0 Å². The van der Waals surface area contributed by atoms with Gasteiger partial charge in [0.15, 0.2) is 0 Å². The fourth-order valence-corrected chi connectivity index (χ4v) is 3.16. The topological polar surface area (TPSA) is 55.1 Å². The van der Waals surface area contributed by atoms with Gasteiger partial charge >= 0.3 is 0 Å². The lowest BCUT2D eigenvalue weighted by atomic mass is 9.98. The summed E-state index contributed by atoms with van der Waals surface area (Å²) in [5.74, 6) is -0.756. The number of amides is 1. The quantitative estimate of drug-likeness (QED) is 0.888. The normalized spacial score (nSPS) is 16.3. The molecule has 0 aliphatic heterocycles. The Kier molecular flexibility index (Phi) is 4.09. The number of anilines is 1. The Hall–Kier alpha value is -2.36. The van der Waals surface area contributed by atoms with E-state index in [1.165, 1.54) is 29.7 Å². The average molecular weight is 298 g/mol. The minimum atomic E-state index is -0.745. The van der Waals surface area contributed by atoms with Gasteiger partial charge in [0.05, 0.1) is 5.56 Å². The van der Waals surface area contributed by atoms with E-state index in [-0.39, 0.29) is 5.56 Å². The number of aryl methyl sites for hydroxylation is 1. The first kappa shape index (κ1) is 14.6. The summed E-state index contributed by atoms with van der Waals surface area (Å²) in [6, 6.07) is 12.9. The van der Waals surface area contributed by atoms with E-state index in [9.17, 15) is 9.18 Å². The van der Waals surface area contributed by atoms with E-state index >= 15 is 0 Å². The number of hydrogen-bond donors (Lipinski definition) is 2. The second kappa shape index (κ2) is 6.18. The molecule has 3 nitrogen and oxygen atoms in total. The summed E-state index contributed by atoms with van der Waals surface area (Å²) in [4.78, 5) is 11.1. The molecule has 1 unspecified atom stereocenters. The second-order valence-corrected chi connectivity index (χ2v) is 5.71. The molecule has 0 aromatic heterocycles. The number of rotatable bonds is 5. The van der Waals surface area contributed by atoms with Crippen molar-refractivity contribution in [1.29, 1.82) is 0 Å². The lowest BCUT2D eigenvalue weighted by Crippen LogP contribution is -2.14. The van der Waals surface area contributed by atoms with Crippen molar-refractivity contribution in [3.8, 4) is 0 Å². The first-order valence-corrected chi connectivity index (χ1v) is 7.56. The molecule has 4 heteroatoms. The molecule has 0 saturated heterocycles. The molecule has 1 aliphatic rings. The van der Waals surface area contributed by atoms with Gasteiger partial charge in [0, 0.05) is 12.2 Å². The number of primary amides is 1. The molecular weight excluding hydrogens is 279 g/mol. The monoisotopic (exact) mass is 298 g/mol. The molecule has 1 aliphatic carbocycles. The van der Waals surface area contributed by atoms with Crippen LogP contribution in [0, 0.1) is 5.82 Å². The summed E-state index contributed by atoms with van der Waals surface area (Å²) < 4.78 is 13.4. The van der Waals surface area contributed by atoms with Gasteiger partial charge in [-0.25, -0.2) is 4.39 Å². The van der Waals surface area contributed by atoms with Gasteiger partial charge in [0.2, 0.25) is 0 Å². The smallest absolute Gasteiger partial charge is 0.251 e. The van der Waals surface area contributed by atoms with Gasteiger partial charge in [0.25, 0.3) is 5.91 Å². The number of nitrogens with one attached hydrogen (secondary N) is 1. The fraction of sp³-hybridized carbons (Fsp3) is 0.278. The molecule has 2 aromatic rings. The Balaban J connectivity index is 1.60. The second-order valence-electron chi connectivity index (χ2n) is 5.71. The third-order valence-corrected chi connectivity index (χ3v) is 4.31. The predicted octanol–water partition coefficient (Wildman–Crippen LogP) is 3.46. The van der Waals surface area contributed by atoms with E-state index in [1.54, 1.807) is 6.07 Å². The molecule has 0 spiro atoms. The van der Waals surface area contributed by atoms with Crippen LogP contribution in [0.5, 0.6) is 0 Å². The third kappa shape index (κ3) is 2.96. The average Bonchev–Trinajstić information content (AvgIpc) is 2.92. The maximum absolute atomic E-state index is 13.4. The van der Waals surface area contributed by atoms with Crippen LogP contribution < -0.4 is 11.1 Å². The number of nitrogens with two attached hydrogens (primary N) is 1. The molecule has 1 amide bonds. The van der Waals surface area contributed by atoms with Crippen LogP contribution in [0.2, 0.25) is 0 Å². The van der Waals surface area contributed by atoms with E-state index in [0.717, 1.165) is 25.1 Å². The van der Waals surface area contributed by atoms with Crippen molar-refractivity contribution in [3.63, 3.8) is 0 Å². The Bertz CT molecular complexity index is 699. The highest BCUT2D eigenvalue weighted by atomic mass is 19.1. The lowest BCUT2D eigenvalue weighted by Gasteiger charge is -2.13. The number of carbonyl (C=O) groups is 1. The molecule has 3 N–H and O–H groups in total. The van der Waals surface area contributed by atoms with Crippen molar-refractivity contribution >= 4 is 11.6 Å². The van der Waals surface area contributed by atoms with Crippen molar-refractivity contribution in [2.75, 3.05) is 11.9 Å². The molecule has 1 atom stereocenters. The Morgan fingerprint density at radius 3 is 2.91 bits per heavy atom. The number of fused-ring (bicyclic) bond motifs is 1.